The van der Waals surface area contributed by atoms with E-state index in [0.29, 0.717) is 33.8 Å². The number of halogens is 4. The van der Waals surface area contributed by atoms with E-state index in [1.807, 2.05) is 0 Å². The Morgan fingerprint density at radius 1 is 1.12 bits per heavy atom. The average molecular weight is 466 g/mol. The first-order chi connectivity index (χ1) is 15.2. The van der Waals surface area contributed by atoms with Gasteiger partial charge in [0.25, 0.3) is 0 Å². The Kier molecular flexibility index (Phi) is 6.80. The number of aromatic amines is 1. The smallest absolute Gasteiger partial charge is 0.380 e. The number of nitrogens with zero attached hydrogens (tertiary/aromatic N) is 1. The molecule has 1 atom stereocenters. The van der Waals surface area contributed by atoms with Gasteiger partial charge in [-0.1, -0.05) is 33.8 Å². The van der Waals surface area contributed by atoms with Crippen LogP contribution in [0.25, 0.3) is 10.9 Å². The van der Waals surface area contributed by atoms with Gasteiger partial charge in [-0.05, 0) is 60.1 Å². The largest absolute Gasteiger partial charge is 0.417 e. The second-order valence-corrected chi connectivity index (χ2v) is 9.95. The van der Waals surface area contributed by atoms with Crippen LogP contribution in [-0.4, -0.2) is 33.4 Å². The van der Waals surface area contributed by atoms with Crippen LogP contribution in [0.2, 0.25) is 0 Å². The summed E-state index contributed by atoms with van der Waals surface area (Å²) in [6.07, 6.45) is -4.60. The van der Waals surface area contributed by atoms with Crippen molar-refractivity contribution in [3.05, 3.63) is 59.2 Å². The molecule has 2 aromatic heterocycles. The van der Waals surface area contributed by atoms with Gasteiger partial charge in [-0.3, -0.25) is 0 Å². The molecule has 1 unspecified atom stereocenters. The SMILES string of the molecule is Cc1ccc(F)cc1C(C)(C)CC(O)(Cc1cc2cc(NCC(C)C)ncc2[nH]1)C(F)(F)F. The van der Waals surface area contributed by atoms with Crippen LogP contribution >= 0.6 is 0 Å². The number of hydrogen-bond donors (Lipinski definition) is 3. The number of aryl methyl sites for hydroxylation is 1. The summed E-state index contributed by atoms with van der Waals surface area (Å²) in [4.78, 5) is 7.24. The maximum absolute atomic E-state index is 14.2. The third-order valence-electron chi connectivity index (χ3n) is 5.93. The van der Waals surface area contributed by atoms with Crippen LogP contribution in [0.5, 0.6) is 0 Å². The topological polar surface area (TPSA) is 60.9 Å². The molecule has 0 aliphatic heterocycles. The Bertz CT molecular complexity index is 1120. The van der Waals surface area contributed by atoms with Gasteiger partial charge in [-0.25, -0.2) is 9.37 Å². The highest BCUT2D eigenvalue weighted by Gasteiger charge is 2.56. The van der Waals surface area contributed by atoms with Crippen LogP contribution in [0.3, 0.4) is 0 Å². The zero-order valence-electron chi connectivity index (χ0n) is 19.6. The average Bonchev–Trinajstić information content (AvgIpc) is 3.07. The summed E-state index contributed by atoms with van der Waals surface area (Å²) in [5.41, 5.74) is -2.19. The van der Waals surface area contributed by atoms with Gasteiger partial charge in [0.15, 0.2) is 5.60 Å². The molecule has 0 radical (unpaired) electrons. The van der Waals surface area contributed by atoms with E-state index in [1.54, 1.807) is 39.1 Å². The number of hydrogen-bond acceptors (Lipinski definition) is 3. The molecule has 3 aromatic rings. The molecule has 0 saturated heterocycles. The normalized spacial score (nSPS) is 14.6. The number of alkyl halides is 3. The second-order valence-electron chi connectivity index (χ2n) is 9.95. The van der Waals surface area contributed by atoms with Crippen molar-refractivity contribution in [2.75, 3.05) is 11.9 Å². The van der Waals surface area contributed by atoms with Gasteiger partial charge in [0.05, 0.1) is 11.7 Å². The van der Waals surface area contributed by atoms with Crippen LogP contribution in [0.15, 0.2) is 36.5 Å². The highest BCUT2D eigenvalue weighted by molar-refractivity contribution is 5.82. The Morgan fingerprint density at radius 3 is 2.45 bits per heavy atom. The number of fused-ring (bicyclic) bond motifs is 1. The molecular formula is C25H31F4N3O. The van der Waals surface area contributed by atoms with Crippen LogP contribution in [0.4, 0.5) is 23.4 Å². The zero-order chi connectivity index (χ0) is 24.6. The standard InChI is InChI=1S/C25H31F4N3O/c1-15(2)12-30-22-9-17-8-19(32-21(17)13-31-22)11-24(33,25(27,28)29)14-23(4,5)20-10-18(26)7-6-16(20)3/h6-10,13,15,32-33H,11-12,14H2,1-5H3,(H,30,31). The van der Waals surface area contributed by atoms with Crippen molar-refractivity contribution in [3.8, 4) is 0 Å². The summed E-state index contributed by atoms with van der Waals surface area (Å²) >= 11 is 0. The summed E-state index contributed by atoms with van der Waals surface area (Å²) in [5, 5.41) is 14.8. The number of nitrogens with one attached hydrogen (secondary N) is 2. The summed E-state index contributed by atoms with van der Waals surface area (Å²) in [7, 11) is 0. The van der Waals surface area contributed by atoms with Gasteiger partial charge in [0.1, 0.15) is 11.6 Å². The number of aromatic nitrogens is 2. The first kappa shape index (κ1) is 25.0. The lowest BCUT2D eigenvalue weighted by atomic mass is 9.72. The summed E-state index contributed by atoms with van der Waals surface area (Å²) in [6, 6.07) is 7.42. The van der Waals surface area contributed by atoms with E-state index in [-0.39, 0.29) is 5.69 Å². The fourth-order valence-corrected chi connectivity index (χ4v) is 4.32. The van der Waals surface area contributed by atoms with Crippen LogP contribution in [0.1, 0.15) is 50.9 Å². The number of pyridine rings is 1. The molecule has 180 valence electrons. The van der Waals surface area contributed by atoms with Crippen LogP contribution < -0.4 is 5.32 Å². The molecule has 0 aliphatic rings. The second kappa shape index (κ2) is 8.97. The number of anilines is 1. The monoisotopic (exact) mass is 465 g/mol. The molecule has 2 heterocycles. The summed E-state index contributed by atoms with van der Waals surface area (Å²) in [6.45, 7) is 9.74. The van der Waals surface area contributed by atoms with E-state index in [0.717, 1.165) is 6.54 Å². The van der Waals surface area contributed by atoms with Crippen LogP contribution in [0, 0.1) is 18.7 Å². The first-order valence-corrected chi connectivity index (χ1v) is 11.0. The molecule has 0 saturated carbocycles. The minimum absolute atomic E-state index is 0.249. The van der Waals surface area contributed by atoms with E-state index in [9.17, 15) is 22.7 Å². The quantitative estimate of drug-likeness (QED) is 0.343. The highest BCUT2D eigenvalue weighted by Crippen LogP contribution is 2.44. The van der Waals surface area contributed by atoms with Crippen molar-refractivity contribution in [1.29, 1.82) is 0 Å². The van der Waals surface area contributed by atoms with Crippen molar-refractivity contribution in [2.45, 2.75) is 64.7 Å². The van der Waals surface area contributed by atoms with Crippen LogP contribution in [-0.2, 0) is 11.8 Å². The van der Waals surface area contributed by atoms with Gasteiger partial charge in [-0.15, -0.1) is 0 Å². The fourth-order valence-electron chi connectivity index (χ4n) is 4.32. The molecule has 33 heavy (non-hydrogen) atoms. The molecule has 0 fully saturated rings. The van der Waals surface area contributed by atoms with Gasteiger partial charge >= 0.3 is 6.18 Å². The molecule has 4 nitrogen and oxygen atoms in total. The summed E-state index contributed by atoms with van der Waals surface area (Å²) < 4.78 is 56.3. The first-order valence-electron chi connectivity index (χ1n) is 11.0. The van der Waals surface area contributed by atoms with Crippen molar-refractivity contribution in [1.82, 2.24) is 9.97 Å². The Hall–Kier alpha value is -2.61. The molecular weight excluding hydrogens is 434 g/mol. The Balaban J connectivity index is 1.91. The van der Waals surface area contributed by atoms with Crippen molar-refractivity contribution >= 4 is 16.7 Å². The third kappa shape index (κ3) is 5.66. The predicted octanol–water partition coefficient (Wildman–Crippen LogP) is 6.28. The molecule has 3 rings (SSSR count). The lowest BCUT2D eigenvalue weighted by Crippen LogP contribution is -2.51. The fraction of sp³-hybridized carbons (Fsp3) is 0.480. The molecule has 0 bridgehead atoms. The van der Waals surface area contributed by atoms with Crippen molar-refractivity contribution in [2.24, 2.45) is 5.92 Å². The lowest BCUT2D eigenvalue weighted by molar-refractivity contribution is -0.266. The van der Waals surface area contributed by atoms with Gasteiger partial charge < -0.3 is 15.4 Å². The van der Waals surface area contributed by atoms with E-state index in [4.69, 9.17) is 0 Å². The molecule has 3 N–H and O–H groups in total. The third-order valence-corrected chi connectivity index (χ3v) is 5.93. The Morgan fingerprint density at radius 2 is 1.82 bits per heavy atom. The number of H-pyrrole nitrogens is 1. The van der Waals surface area contributed by atoms with E-state index < -0.39 is 35.9 Å². The zero-order valence-corrected chi connectivity index (χ0v) is 19.6. The number of benzene rings is 1. The minimum atomic E-state index is -4.88. The van der Waals surface area contributed by atoms with Gasteiger partial charge in [-0.2, -0.15) is 13.2 Å². The van der Waals surface area contributed by atoms with Gasteiger partial charge in [0.2, 0.25) is 0 Å². The Labute approximate surface area is 191 Å². The number of rotatable bonds is 8. The summed E-state index contributed by atoms with van der Waals surface area (Å²) in [5.74, 6) is 0.524. The molecule has 0 amide bonds. The lowest BCUT2D eigenvalue weighted by Gasteiger charge is -2.38. The van der Waals surface area contributed by atoms with Crippen molar-refractivity contribution in [3.63, 3.8) is 0 Å². The van der Waals surface area contributed by atoms with Crippen molar-refractivity contribution < 1.29 is 22.7 Å². The highest BCUT2D eigenvalue weighted by atomic mass is 19.4. The van der Waals surface area contributed by atoms with Gasteiger partial charge in [0, 0.05) is 24.0 Å². The maximum Gasteiger partial charge on any atom is 0.417 e. The predicted molar refractivity (Wildman–Crippen MR) is 123 cm³/mol. The molecule has 1 aromatic carbocycles. The molecule has 0 aliphatic carbocycles. The minimum Gasteiger partial charge on any atom is -0.380 e. The maximum atomic E-state index is 14.2. The van der Waals surface area contributed by atoms with E-state index in [1.165, 1.54) is 18.2 Å². The molecule has 0 spiro atoms. The van der Waals surface area contributed by atoms with E-state index in [2.05, 4.69) is 29.1 Å². The number of aliphatic hydroxyl groups is 1. The molecule has 8 heteroatoms. The van der Waals surface area contributed by atoms with E-state index >= 15 is 0 Å².